The van der Waals surface area contributed by atoms with Gasteiger partial charge in [-0.05, 0) is 24.1 Å². The van der Waals surface area contributed by atoms with Gasteiger partial charge in [-0.25, -0.2) is 0 Å². The molecule has 0 aliphatic carbocycles. The number of hydrogen-bond donors (Lipinski definition) is 0. The Labute approximate surface area is 95.9 Å². The molecule has 0 aromatic carbocycles. The highest BCUT2D eigenvalue weighted by Gasteiger charge is 2.13. The van der Waals surface area contributed by atoms with E-state index in [1.165, 1.54) is 5.56 Å². The molecular weight excluding hydrogens is 202 g/mol. The Balaban J connectivity index is 1.89. The number of carbonyl (C=O) groups excluding carboxylic acids is 1. The standard InChI is InChI=1S/C12H16N3O/c16-11-15-7-1-6-14(8-9-15)10-12-2-4-13-5-3-12/h2-5H,1,6-10H2. The Morgan fingerprint density at radius 3 is 2.75 bits per heavy atom. The van der Waals surface area contributed by atoms with E-state index in [4.69, 9.17) is 0 Å². The summed E-state index contributed by atoms with van der Waals surface area (Å²) in [6, 6.07) is 4.07. The van der Waals surface area contributed by atoms with Crippen LogP contribution in [0.1, 0.15) is 12.0 Å². The average molecular weight is 218 g/mol. The smallest absolute Gasteiger partial charge is 0.312 e. The highest BCUT2D eigenvalue weighted by Crippen LogP contribution is 2.07. The lowest BCUT2D eigenvalue weighted by atomic mass is 10.2. The van der Waals surface area contributed by atoms with Crippen molar-refractivity contribution in [3.05, 3.63) is 30.1 Å². The Morgan fingerprint density at radius 2 is 2.00 bits per heavy atom. The summed E-state index contributed by atoms with van der Waals surface area (Å²) in [7, 11) is 0. The predicted octanol–water partition coefficient (Wildman–Crippen LogP) is 0.656. The first-order chi connectivity index (χ1) is 7.88. The van der Waals surface area contributed by atoms with Crippen molar-refractivity contribution in [1.29, 1.82) is 0 Å². The van der Waals surface area contributed by atoms with Crippen molar-refractivity contribution in [2.75, 3.05) is 26.2 Å². The summed E-state index contributed by atoms with van der Waals surface area (Å²) in [5.74, 6) is 0. The van der Waals surface area contributed by atoms with Crippen LogP contribution in [0.2, 0.25) is 0 Å². The van der Waals surface area contributed by atoms with Gasteiger partial charge in [0.05, 0.1) is 0 Å². The zero-order valence-electron chi connectivity index (χ0n) is 9.30. The summed E-state index contributed by atoms with van der Waals surface area (Å²) in [6.45, 7) is 4.53. The maximum atomic E-state index is 10.6. The third-order valence-corrected chi connectivity index (χ3v) is 2.87. The van der Waals surface area contributed by atoms with Gasteiger partial charge in [0, 0.05) is 45.1 Å². The maximum absolute atomic E-state index is 10.6. The number of rotatable bonds is 3. The lowest BCUT2D eigenvalue weighted by Gasteiger charge is -2.19. The van der Waals surface area contributed by atoms with Gasteiger partial charge in [0.25, 0.3) is 0 Å². The molecule has 2 heterocycles. The molecule has 1 radical (unpaired) electrons. The largest absolute Gasteiger partial charge is 0.333 e. The van der Waals surface area contributed by atoms with Crippen molar-refractivity contribution in [1.82, 2.24) is 14.8 Å². The van der Waals surface area contributed by atoms with Crippen LogP contribution in [-0.2, 0) is 11.3 Å². The maximum Gasteiger partial charge on any atom is 0.312 e. The molecule has 1 aliphatic rings. The highest BCUT2D eigenvalue weighted by atomic mass is 16.1. The molecule has 4 heteroatoms. The number of aromatic nitrogens is 1. The van der Waals surface area contributed by atoms with Crippen LogP contribution in [0.4, 0.5) is 0 Å². The molecule has 1 aliphatic heterocycles. The fourth-order valence-corrected chi connectivity index (χ4v) is 1.97. The first-order valence-electron chi connectivity index (χ1n) is 5.62. The molecule has 1 aromatic heterocycles. The number of nitrogens with zero attached hydrogens (tertiary/aromatic N) is 3. The Morgan fingerprint density at radius 1 is 1.19 bits per heavy atom. The molecule has 1 saturated heterocycles. The summed E-state index contributed by atoms with van der Waals surface area (Å²) in [5.41, 5.74) is 1.28. The number of pyridine rings is 1. The first kappa shape index (κ1) is 11.1. The fourth-order valence-electron chi connectivity index (χ4n) is 1.97. The van der Waals surface area contributed by atoms with E-state index in [2.05, 4.69) is 9.88 Å². The summed E-state index contributed by atoms with van der Waals surface area (Å²) in [6.07, 6.45) is 6.64. The Bertz CT molecular complexity index is 328. The van der Waals surface area contributed by atoms with Crippen molar-refractivity contribution < 1.29 is 4.79 Å². The third kappa shape index (κ3) is 3.03. The number of amides is 1. The van der Waals surface area contributed by atoms with E-state index in [-0.39, 0.29) is 0 Å². The minimum absolute atomic E-state index is 0.786. The molecule has 0 bridgehead atoms. The third-order valence-electron chi connectivity index (χ3n) is 2.87. The van der Waals surface area contributed by atoms with E-state index in [1.807, 2.05) is 30.9 Å². The van der Waals surface area contributed by atoms with Gasteiger partial charge < -0.3 is 4.90 Å². The normalized spacial score (nSPS) is 18.1. The molecule has 0 N–H and O–H groups in total. The van der Waals surface area contributed by atoms with Crippen LogP contribution in [0.15, 0.2) is 24.5 Å². The SMILES string of the molecule is O=[C]N1CCCN(Cc2ccncc2)CC1. The van der Waals surface area contributed by atoms with Gasteiger partial charge in [-0.15, -0.1) is 0 Å². The Hall–Kier alpha value is -1.42. The van der Waals surface area contributed by atoms with Gasteiger partial charge in [-0.2, -0.15) is 0 Å². The van der Waals surface area contributed by atoms with E-state index in [9.17, 15) is 4.79 Å². The van der Waals surface area contributed by atoms with E-state index in [1.54, 1.807) is 4.90 Å². The van der Waals surface area contributed by atoms with Gasteiger partial charge in [-0.3, -0.25) is 14.7 Å². The molecule has 0 saturated carbocycles. The average Bonchev–Trinajstić information content (AvgIpc) is 2.56. The van der Waals surface area contributed by atoms with Crippen molar-refractivity contribution >= 4 is 6.41 Å². The zero-order chi connectivity index (χ0) is 11.2. The monoisotopic (exact) mass is 218 g/mol. The lowest BCUT2D eigenvalue weighted by Crippen LogP contribution is -2.29. The minimum atomic E-state index is 0.786. The molecule has 4 nitrogen and oxygen atoms in total. The van der Waals surface area contributed by atoms with Crippen molar-refractivity contribution in [2.45, 2.75) is 13.0 Å². The molecule has 1 amide bonds. The molecule has 2 rings (SSSR count). The summed E-state index contributed by atoms with van der Waals surface area (Å²) in [5, 5.41) is 0. The minimum Gasteiger partial charge on any atom is -0.333 e. The Kier molecular flexibility index (Phi) is 3.88. The van der Waals surface area contributed by atoms with Crippen LogP contribution in [0.3, 0.4) is 0 Å². The van der Waals surface area contributed by atoms with Gasteiger partial charge in [0.1, 0.15) is 0 Å². The molecule has 85 valence electrons. The lowest BCUT2D eigenvalue weighted by molar-refractivity contribution is 0.276. The second-order valence-electron chi connectivity index (χ2n) is 4.06. The van der Waals surface area contributed by atoms with Crippen molar-refractivity contribution in [3.8, 4) is 0 Å². The second kappa shape index (κ2) is 5.61. The molecule has 0 unspecified atom stereocenters. The zero-order valence-corrected chi connectivity index (χ0v) is 9.30. The van der Waals surface area contributed by atoms with E-state index < -0.39 is 0 Å². The second-order valence-corrected chi connectivity index (χ2v) is 4.06. The van der Waals surface area contributed by atoms with E-state index >= 15 is 0 Å². The summed E-state index contributed by atoms with van der Waals surface area (Å²) in [4.78, 5) is 18.7. The quantitative estimate of drug-likeness (QED) is 0.747. The molecule has 1 fully saturated rings. The number of hydrogen-bond acceptors (Lipinski definition) is 3. The van der Waals surface area contributed by atoms with Crippen LogP contribution in [0.5, 0.6) is 0 Å². The first-order valence-corrected chi connectivity index (χ1v) is 5.62. The van der Waals surface area contributed by atoms with Crippen LogP contribution >= 0.6 is 0 Å². The highest BCUT2D eigenvalue weighted by molar-refractivity contribution is 5.48. The van der Waals surface area contributed by atoms with E-state index in [0.29, 0.717) is 0 Å². The van der Waals surface area contributed by atoms with Gasteiger partial charge in [-0.1, -0.05) is 0 Å². The van der Waals surface area contributed by atoms with Gasteiger partial charge in [0.2, 0.25) is 0 Å². The topological polar surface area (TPSA) is 36.4 Å². The summed E-state index contributed by atoms with van der Waals surface area (Å²) >= 11 is 0. The predicted molar refractivity (Wildman–Crippen MR) is 61.4 cm³/mol. The molecule has 16 heavy (non-hydrogen) atoms. The van der Waals surface area contributed by atoms with E-state index in [0.717, 1.165) is 39.1 Å². The fraction of sp³-hybridized carbons (Fsp3) is 0.500. The van der Waals surface area contributed by atoms with Gasteiger partial charge >= 0.3 is 6.41 Å². The molecular formula is C12H16N3O. The van der Waals surface area contributed by atoms with Crippen LogP contribution in [0.25, 0.3) is 0 Å². The molecule has 1 aromatic rings. The van der Waals surface area contributed by atoms with Crippen molar-refractivity contribution in [3.63, 3.8) is 0 Å². The van der Waals surface area contributed by atoms with Crippen molar-refractivity contribution in [2.24, 2.45) is 0 Å². The van der Waals surface area contributed by atoms with Crippen LogP contribution in [0, 0.1) is 0 Å². The summed E-state index contributed by atoms with van der Waals surface area (Å²) < 4.78 is 0. The molecule has 0 spiro atoms. The van der Waals surface area contributed by atoms with Crippen LogP contribution in [-0.4, -0.2) is 47.4 Å². The van der Waals surface area contributed by atoms with Crippen LogP contribution < -0.4 is 0 Å². The molecule has 0 atom stereocenters. The van der Waals surface area contributed by atoms with Gasteiger partial charge in [0.15, 0.2) is 0 Å².